The van der Waals surface area contributed by atoms with Crippen molar-refractivity contribution in [1.82, 2.24) is 10.6 Å². The normalized spacial score (nSPS) is 24.2. The number of nitrogens with one attached hydrogen (secondary N) is 2. The largest absolute Gasteiger partial charge is 0.379 e. The second kappa shape index (κ2) is 6.40. The first-order valence-corrected chi connectivity index (χ1v) is 4.95. The minimum Gasteiger partial charge on any atom is -0.379 e. The fraction of sp³-hybridized carbons (Fsp3) is 1.00. The van der Waals surface area contributed by atoms with E-state index in [0.29, 0.717) is 6.04 Å². The summed E-state index contributed by atoms with van der Waals surface area (Å²) in [6.45, 7) is 7.20. The van der Waals surface area contributed by atoms with Gasteiger partial charge in [0, 0.05) is 12.6 Å². The molecule has 3 nitrogen and oxygen atoms in total. The van der Waals surface area contributed by atoms with Crippen molar-refractivity contribution in [1.29, 1.82) is 0 Å². The molecule has 1 aliphatic heterocycles. The Morgan fingerprint density at radius 1 is 1.50 bits per heavy atom. The van der Waals surface area contributed by atoms with Crippen LogP contribution >= 0.6 is 0 Å². The lowest BCUT2D eigenvalue weighted by atomic mass is 10.2. The van der Waals surface area contributed by atoms with E-state index in [1.54, 1.807) is 0 Å². The molecule has 0 saturated carbocycles. The van der Waals surface area contributed by atoms with E-state index in [0.717, 1.165) is 32.8 Å². The van der Waals surface area contributed by atoms with Crippen LogP contribution in [0.1, 0.15) is 19.8 Å². The zero-order valence-electron chi connectivity index (χ0n) is 7.94. The molecule has 1 heterocycles. The molecule has 3 heteroatoms. The number of ether oxygens (including phenoxy) is 1. The average Bonchev–Trinajstić information content (AvgIpc) is 2.14. The summed E-state index contributed by atoms with van der Waals surface area (Å²) in [4.78, 5) is 0. The van der Waals surface area contributed by atoms with E-state index in [2.05, 4.69) is 17.6 Å². The number of hydrogen-bond donors (Lipinski definition) is 2. The Labute approximate surface area is 74.9 Å². The van der Waals surface area contributed by atoms with Gasteiger partial charge in [-0.25, -0.2) is 0 Å². The van der Waals surface area contributed by atoms with Crippen LogP contribution in [0.2, 0.25) is 0 Å². The lowest BCUT2D eigenvalue weighted by Gasteiger charge is -2.23. The molecular formula is C9H20N2O. The third kappa shape index (κ3) is 4.04. The van der Waals surface area contributed by atoms with Crippen molar-refractivity contribution in [2.45, 2.75) is 25.8 Å². The molecule has 1 rings (SSSR count). The highest BCUT2D eigenvalue weighted by molar-refractivity contribution is 4.70. The second-order valence-corrected chi connectivity index (χ2v) is 3.26. The Morgan fingerprint density at radius 2 is 2.42 bits per heavy atom. The minimum absolute atomic E-state index is 0.572. The Bertz CT molecular complexity index is 103. The Morgan fingerprint density at radius 3 is 3.08 bits per heavy atom. The summed E-state index contributed by atoms with van der Waals surface area (Å²) in [6, 6.07) is 0.572. The van der Waals surface area contributed by atoms with Gasteiger partial charge in [0.15, 0.2) is 0 Å². The van der Waals surface area contributed by atoms with Gasteiger partial charge >= 0.3 is 0 Å². The minimum atomic E-state index is 0.572. The molecule has 0 radical (unpaired) electrons. The van der Waals surface area contributed by atoms with Crippen molar-refractivity contribution < 1.29 is 4.74 Å². The van der Waals surface area contributed by atoms with Crippen LogP contribution in [0.4, 0.5) is 0 Å². The SMILES string of the molecule is CCCNCCC1COCCN1. The Balaban J connectivity index is 1.91. The fourth-order valence-corrected chi connectivity index (χ4v) is 1.38. The third-order valence-electron chi connectivity index (χ3n) is 2.09. The van der Waals surface area contributed by atoms with E-state index in [1.807, 2.05) is 0 Å². The second-order valence-electron chi connectivity index (χ2n) is 3.26. The molecule has 2 N–H and O–H groups in total. The lowest BCUT2D eigenvalue weighted by Crippen LogP contribution is -2.42. The highest BCUT2D eigenvalue weighted by Crippen LogP contribution is 1.96. The molecule has 1 aliphatic rings. The van der Waals surface area contributed by atoms with E-state index in [4.69, 9.17) is 4.74 Å². The molecule has 1 atom stereocenters. The predicted octanol–water partition coefficient (Wildman–Crippen LogP) is 0.365. The average molecular weight is 172 g/mol. The molecule has 12 heavy (non-hydrogen) atoms. The summed E-state index contributed by atoms with van der Waals surface area (Å²) in [5, 5.41) is 6.82. The van der Waals surface area contributed by atoms with E-state index < -0.39 is 0 Å². The third-order valence-corrected chi connectivity index (χ3v) is 2.09. The van der Waals surface area contributed by atoms with Crippen molar-refractivity contribution in [3.05, 3.63) is 0 Å². The maximum Gasteiger partial charge on any atom is 0.0620 e. The van der Waals surface area contributed by atoms with Gasteiger partial charge in [-0.3, -0.25) is 0 Å². The van der Waals surface area contributed by atoms with Gasteiger partial charge in [-0.2, -0.15) is 0 Å². The van der Waals surface area contributed by atoms with Crippen LogP contribution in [0.5, 0.6) is 0 Å². The standard InChI is InChI=1S/C9H20N2O/c1-2-4-10-5-3-9-8-12-7-6-11-9/h9-11H,2-8H2,1H3. The first kappa shape index (κ1) is 9.96. The van der Waals surface area contributed by atoms with Gasteiger partial charge in [-0.15, -0.1) is 0 Å². The van der Waals surface area contributed by atoms with Gasteiger partial charge in [-0.1, -0.05) is 6.92 Å². The van der Waals surface area contributed by atoms with E-state index in [1.165, 1.54) is 12.8 Å². The molecule has 0 aromatic heterocycles. The van der Waals surface area contributed by atoms with Gasteiger partial charge in [0.05, 0.1) is 13.2 Å². The molecule has 72 valence electrons. The zero-order valence-corrected chi connectivity index (χ0v) is 7.94. The van der Waals surface area contributed by atoms with E-state index in [-0.39, 0.29) is 0 Å². The monoisotopic (exact) mass is 172 g/mol. The molecule has 0 spiro atoms. The number of hydrogen-bond acceptors (Lipinski definition) is 3. The highest BCUT2D eigenvalue weighted by Gasteiger charge is 2.11. The Hall–Kier alpha value is -0.120. The quantitative estimate of drug-likeness (QED) is 0.588. The molecule has 1 unspecified atom stereocenters. The van der Waals surface area contributed by atoms with Crippen molar-refractivity contribution in [2.24, 2.45) is 0 Å². The van der Waals surface area contributed by atoms with Crippen molar-refractivity contribution >= 4 is 0 Å². The van der Waals surface area contributed by atoms with Crippen LogP contribution < -0.4 is 10.6 Å². The molecule has 0 aromatic carbocycles. The first-order valence-electron chi connectivity index (χ1n) is 4.95. The molecule has 0 aliphatic carbocycles. The summed E-state index contributed by atoms with van der Waals surface area (Å²) in [5.41, 5.74) is 0. The van der Waals surface area contributed by atoms with Crippen molar-refractivity contribution in [3.63, 3.8) is 0 Å². The summed E-state index contributed by atoms with van der Waals surface area (Å²) in [7, 11) is 0. The topological polar surface area (TPSA) is 33.3 Å². The maximum atomic E-state index is 5.35. The van der Waals surface area contributed by atoms with Crippen LogP contribution in [0.15, 0.2) is 0 Å². The molecule has 1 fully saturated rings. The van der Waals surface area contributed by atoms with Gasteiger partial charge in [0.25, 0.3) is 0 Å². The first-order chi connectivity index (χ1) is 5.93. The van der Waals surface area contributed by atoms with Crippen molar-refractivity contribution in [3.8, 4) is 0 Å². The molecular weight excluding hydrogens is 152 g/mol. The van der Waals surface area contributed by atoms with Crippen molar-refractivity contribution in [2.75, 3.05) is 32.8 Å². The summed E-state index contributed by atoms with van der Waals surface area (Å²) in [6.07, 6.45) is 2.40. The molecule has 0 amide bonds. The Kier molecular flexibility index (Phi) is 5.32. The van der Waals surface area contributed by atoms with Crippen LogP contribution in [-0.4, -0.2) is 38.9 Å². The van der Waals surface area contributed by atoms with E-state index in [9.17, 15) is 0 Å². The molecule has 0 bridgehead atoms. The van der Waals surface area contributed by atoms with Crippen LogP contribution in [0, 0.1) is 0 Å². The lowest BCUT2D eigenvalue weighted by molar-refractivity contribution is 0.0743. The summed E-state index contributed by atoms with van der Waals surface area (Å²) in [5.74, 6) is 0. The zero-order chi connectivity index (χ0) is 8.65. The van der Waals surface area contributed by atoms with Gasteiger partial charge in [-0.05, 0) is 25.9 Å². The van der Waals surface area contributed by atoms with Crippen LogP contribution in [0.25, 0.3) is 0 Å². The molecule has 0 aromatic rings. The predicted molar refractivity (Wildman–Crippen MR) is 50.4 cm³/mol. The summed E-state index contributed by atoms with van der Waals surface area (Å²) < 4.78 is 5.35. The van der Waals surface area contributed by atoms with Crippen LogP contribution in [-0.2, 0) is 4.74 Å². The maximum absolute atomic E-state index is 5.35. The van der Waals surface area contributed by atoms with E-state index >= 15 is 0 Å². The smallest absolute Gasteiger partial charge is 0.0620 e. The van der Waals surface area contributed by atoms with Gasteiger partial charge in [0.1, 0.15) is 0 Å². The number of morpholine rings is 1. The highest BCUT2D eigenvalue weighted by atomic mass is 16.5. The van der Waals surface area contributed by atoms with Gasteiger partial charge < -0.3 is 15.4 Å². The summed E-state index contributed by atoms with van der Waals surface area (Å²) >= 11 is 0. The van der Waals surface area contributed by atoms with Crippen LogP contribution in [0.3, 0.4) is 0 Å². The number of rotatable bonds is 5. The fourth-order valence-electron chi connectivity index (χ4n) is 1.38. The van der Waals surface area contributed by atoms with Gasteiger partial charge in [0.2, 0.25) is 0 Å². The molecule has 1 saturated heterocycles.